The quantitative estimate of drug-likeness (QED) is 0.909. The van der Waals surface area contributed by atoms with Crippen molar-refractivity contribution in [3.8, 4) is 11.5 Å². The van der Waals surface area contributed by atoms with Crippen molar-refractivity contribution < 1.29 is 23.0 Å². The van der Waals surface area contributed by atoms with Crippen molar-refractivity contribution in [2.75, 3.05) is 0 Å². The van der Waals surface area contributed by atoms with Gasteiger partial charge in [0.1, 0.15) is 18.1 Å². The van der Waals surface area contributed by atoms with Gasteiger partial charge in [0.25, 0.3) is 0 Å². The standard InChI is InChI=1S/C15H13F3O2/c1-10-2-5-12(6-3-10)20-9-11-4-7-14(19)13(8-11)15(16,17)18/h2-8,19H,9H2,1H3. The first-order valence-electron chi connectivity index (χ1n) is 5.95. The third kappa shape index (κ3) is 3.44. The zero-order valence-electron chi connectivity index (χ0n) is 10.7. The summed E-state index contributed by atoms with van der Waals surface area (Å²) in [7, 11) is 0. The highest BCUT2D eigenvalue weighted by atomic mass is 19.4. The molecule has 0 aliphatic rings. The number of phenolic OH excluding ortho intramolecular Hbond substituents is 1. The Morgan fingerprint density at radius 1 is 1.05 bits per heavy atom. The zero-order chi connectivity index (χ0) is 14.8. The molecule has 0 bridgehead atoms. The van der Waals surface area contributed by atoms with E-state index < -0.39 is 17.5 Å². The van der Waals surface area contributed by atoms with Crippen molar-refractivity contribution in [3.63, 3.8) is 0 Å². The van der Waals surface area contributed by atoms with E-state index in [0.717, 1.165) is 17.7 Å². The van der Waals surface area contributed by atoms with Gasteiger partial charge in [-0.25, -0.2) is 0 Å². The fourth-order valence-corrected chi connectivity index (χ4v) is 1.70. The number of aromatic hydroxyl groups is 1. The number of hydrogen-bond donors (Lipinski definition) is 1. The van der Waals surface area contributed by atoms with Crippen molar-refractivity contribution in [1.29, 1.82) is 0 Å². The molecule has 106 valence electrons. The first kappa shape index (κ1) is 14.2. The maximum atomic E-state index is 12.6. The van der Waals surface area contributed by atoms with Gasteiger partial charge in [-0.1, -0.05) is 23.8 Å². The first-order chi connectivity index (χ1) is 9.36. The normalized spacial score (nSPS) is 11.4. The molecule has 0 aromatic heterocycles. The van der Waals surface area contributed by atoms with E-state index in [1.165, 1.54) is 6.07 Å². The van der Waals surface area contributed by atoms with Crippen LogP contribution in [0.1, 0.15) is 16.7 Å². The molecule has 1 N–H and O–H groups in total. The second-order valence-electron chi connectivity index (χ2n) is 4.45. The Bertz CT molecular complexity index is 589. The zero-order valence-corrected chi connectivity index (χ0v) is 10.7. The summed E-state index contributed by atoms with van der Waals surface area (Å²) in [4.78, 5) is 0. The van der Waals surface area contributed by atoms with Crippen molar-refractivity contribution >= 4 is 0 Å². The molecule has 0 saturated heterocycles. The smallest absolute Gasteiger partial charge is 0.419 e. The van der Waals surface area contributed by atoms with Gasteiger partial charge < -0.3 is 9.84 Å². The topological polar surface area (TPSA) is 29.5 Å². The van der Waals surface area contributed by atoms with Crippen molar-refractivity contribution in [2.24, 2.45) is 0 Å². The van der Waals surface area contributed by atoms with Gasteiger partial charge in [-0.2, -0.15) is 13.2 Å². The van der Waals surface area contributed by atoms with E-state index in [1.54, 1.807) is 12.1 Å². The van der Waals surface area contributed by atoms with Crippen LogP contribution in [0, 0.1) is 6.92 Å². The fraction of sp³-hybridized carbons (Fsp3) is 0.200. The molecule has 5 heteroatoms. The van der Waals surface area contributed by atoms with E-state index in [2.05, 4.69) is 0 Å². The van der Waals surface area contributed by atoms with E-state index in [1.807, 2.05) is 19.1 Å². The second kappa shape index (κ2) is 5.45. The van der Waals surface area contributed by atoms with Gasteiger partial charge in [0, 0.05) is 0 Å². The van der Waals surface area contributed by atoms with Crippen LogP contribution >= 0.6 is 0 Å². The molecule has 20 heavy (non-hydrogen) atoms. The Morgan fingerprint density at radius 2 is 1.70 bits per heavy atom. The van der Waals surface area contributed by atoms with Gasteiger partial charge in [-0.05, 0) is 36.8 Å². The Labute approximate surface area is 114 Å². The molecule has 2 nitrogen and oxygen atoms in total. The number of halogens is 3. The molecule has 0 fully saturated rings. The predicted octanol–water partition coefficient (Wildman–Crippen LogP) is 4.30. The van der Waals surface area contributed by atoms with Gasteiger partial charge in [-0.3, -0.25) is 0 Å². The highest BCUT2D eigenvalue weighted by Gasteiger charge is 2.33. The van der Waals surface area contributed by atoms with Crippen LogP contribution < -0.4 is 4.74 Å². The maximum absolute atomic E-state index is 12.6. The Kier molecular flexibility index (Phi) is 3.88. The van der Waals surface area contributed by atoms with E-state index in [0.29, 0.717) is 11.3 Å². The second-order valence-corrected chi connectivity index (χ2v) is 4.45. The van der Waals surface area contributed by atoms with E-state index in [-0.39, 0.29) is 6.61 Å². The van der Waals surface area contributed by atoms with E-state index in [4.69, 9.17) is 4.74 Å². The Morgan fingerprint density at radius 3 is 2.30 bits per heavy atom. The predicted molar refractivity (Wildman–Crippen MR) is 68.6 cm³/mol. The fourth-order valence-electron chi connectivity index (χ4n) is 1.70. The summed E-state index contributed by atoms with van der Waals surface area (Å²) >= 11 is 0. The molecule has 0 heterocycles. The Hall–Kier alpha value is -2.17. The average Bonchev–Trinajstić information content (AvgIpc) is 2.38. The maximum Gasteiger partial charge on any atom is 0.419 e. The molecule has 2 aromatic carbocycles. The highest BCUT2D eigenvalue weighted by Crippen LogP contribution is 2.36. The third-order valence-electron chi connectivity index (χ3n) is 2.79. The molecule has 0 spiro atoms. The SMILES string of the molecule is Cc1ccc(OCc2ccc(O)c(C(F)(F)F)c2)cc1. The lowest BCUT2D eigenvalue weighted by atomic mass is 10.1. The van der Waals surface area contributed by atoms with Crippen LogP contribution in [0.5, 0.6) is 11.5 Å². The van der Waals surface area contributed by atoms with Gasteiger partial charge in [-0.15, -0.1) is 0 Å². The molecule has 0 atom stereocenters. The van der Waals surface area contributed by atoms with Crippen LogP contribution in [-0.4, -0.2) is 5.11 Å². The summed E-state index contributed by atoms with van der Waals surface area (Å²) in [5.74, 6) is -0.200. The number of aryl methyl sites for hydroxylation is 1. The number of phenols is 1. The van der Waals surface area contributed by atoms with Crippen LogP contribution in [0.4, 0.5) is 13.2 Å². The minimum Gasteiger partial charge on any atom is -0.507 e. The monoisotopic (exact) mass is 282 g/mol. The lowest BCUT2D eigenvalue weighted by Crippen LogP contribution is -2.07. The summed E-state index contributed by atoms with van der Waals surface area (Å²) < 4.78 is 43.3. The molecule has 0 aliphatic carbocycles. The summed E-state index contributed by atoms with van der Waals surface area (Å²) in [6.45, 7) is 1.94. The van der Waals surface area contributed by atoms with Crippen LogP contribution in [0.25, 0.3) is 0 Å². The van der Waals surface area contributed by atoms with Gasteiger partial charge in [0.15, 0.2) is 0 Å². The lowest BCUT2D eigenvalue weighted by Gasteiger charge is -2.11. The van der Waals surface area contributed by atoms with Crippen LogP contribution in [0.2, 0.25) is 0 Å². The average molecular weight is 282 g/mol. The van der Waals surface area contributed by atoms with Crippen LogP contribution in [-0.2, 0) is 12.8 Å². The molecular formula is C15H13F3O2. The summed E-state index contributed by atoms with van der Waals surface area (Å²) in [6, 6.07) is 10.5. The molecule has 0 saturated carbocycles. The molecule has 0 aliphatic heterocycles. The minimum absolute atomic E-state index is 0.00637. The first-order valence-corrected chi connectivity index (χ1v) is 5.95. The number of alkyl halides is 3. The molecule has 2 aromatic rings. The molecule has 2 rings (SSSR count). The Balaban J connectivity index is 2.12. The lowest BCUT2D eigenvalue weighted by molar-refractivity contribution is -0.138. The van der Waals surface area contributed by atoms with Crippen LogP contribution in [0.15, 0.2) is 42.5 Å². The van der Waals surface area contributed by atoms with Crippen molar-refractivity contribution in [2.45, 2.75) is 19.7 Å². The van der Waals surface area contributed by atoms with Crippen molar-refractivity contribution in [3.05, 3.63) is 59.2 Å². The molecule has 0 unspecified atom stereocenters. The summed E-state index contributed by atoms with van der Waals surface area (Å²) in [6.07, 6.45) is -4.58. The van der Waals surface area contributed by atoms with Gasteiger partial charge in [0.05, 0.1) is 5.56 Å². The van der Waals surface area contributed by atoms with E-state index in [9.17, 15) is 18.3 Å². The van der Waals surface area contributed by atoms with Gasteiger partial charge >= 0.3 is 6.18 Å². The van der Waals surface area contributed by atoms with E-state index >= 15 is 0 Å². The number of benzene rings is 2. The molecule has 0 amide bonds. The molecular weight excluding hydrogens is 269 g/mol. The largest absolute Gasteiger partial charge is 0.507 e. The summed E-state index contributed by atoms with van der Waals surface area (Å²) in [5, 5.41) is 9.23. The number of hydrogen-bond acceptors (Lipinski definition) is 2. The third-order valence-corrected chi connectivity index (χ3v) is 2.79. The van der Waals surface area contributed by atoms with Crippen molar-refractivity contribution in [1.82, 2.24) is 0 Å². The number of rotatable bonds is 3. The minimum atomic E-state index is -4.58. The van der Waals surface area contributed by atoms with Crippen LogP contribution in [0.3, 0.4) is 0 Å². The molecule has 0 radical (unpaired) electrons. The van der Waals surface area contributed by atoms with Gasteiger partial charge in [0.2, 0.25) is 0 Å². The number of ether oxygens (including phenoxy) is 1. The summed E-state index contributed by atoms with van der Waals surface area (Å²) in [5.41, 5.74) is 0.361. The highest BCUT2D eigenvalue weighted by molar-refractivity contribution is 5.38.